The van der Waals surface area contributed by atoms with Crippen molar-refractivity contribution in [3.63, 3.8) is 0 Å². The van der Waals surface area contributed by atoms with E-state index in [4.69, 9.17) is 5.53 Å². The first kappa shape index (κ1) is 12.0. The van der Waals surface area contributed by atoms with Crippen LogP contribution in [0.3, 0.4) is 0 Å². The highest BCUT2D eigenvalue weighted by Crippen LogP contribution is 1.85. The van der Waals surface area contributed by atoms with E-state index in [1.165, 1.54) is 0 Å². The molecule has 0 aliphatic heterocycles. The molecule has 0 N–H and O–H groups in total. The third kappa shape index (κ3) is 3.59. The lowest BCUT2D eigenvalue weighted by Crippen LogP contribution is -2.27. The number of carbonyl (C=O) groups is 3. The van der Waals surface area contributed by atoms with E-state index in [1.54, 1.807) is 0 Å². The van der Waals surface area contributed by atoms with Crippen molar-refractivity contribution in [3.8, 4) is 0 Å². The van der Waals surface area contributed by atoms with Crippen LogP contribution in [-0.4, -0.2) is 41.9 Å². The summed E-state index contributed by atoms with van der Waals surface area (Å²) in [4.78, 5) is 34.5. The van der Waals surface area contributed by atoms with Crippen molar-refractivity contribution in [2.45, 2.75) is 6.92 Å². The third-order valence-electron chi connectivity index (χ3n) is 1.18. The van der Waals surface area contributed by atoms with Crippen molar-refractivity contribution in [1.82, 2.24) is 0 Å². The molecule has 0 aliphatic rings. The fourth-order valence-corrected chi connectivity index (χ4v) is 0.507. The quantitative estimate of drug-likeness (QED) is 0.189. The van der Waals surface area contributed by atoms with Crippen LogP contribution in [0.2, 0.25) is 0 Å². The highest BCUT2D eigenvalue weighted by Gasteiger charge is 2.28. The molecule has 0 amide bonds. The predicted molar refractivity (Wildman–Crippen MR) is 42.3 cm³/mol. The molecule has 7 nitrogen and oxygen atoms in total. The van der Waals surface area contributed by atoms with E-state index in [0.29, 0.717) is 0 Å². The van der Waals surface area contributed by atoms with Gasteiger partial charge in [-0.15, -0.1) is 0 Å². The Bertz CT molecular complexity index is 316. The standard InChI is InChI=1S/C7H8N2O5/c1-4(10)6(9-8)7(12)14-3-5(11)13-2/h3H2,1-2H3. The maximum absolute atomic E-state index is 10.9. The lowest BCUT2D eigenvalue weighted by molar-refractivity contribution is -0.155. The number of esters is 2. The zero-order chi connectivity index (χ0) is 11.1. The van der Waals surface area contributed by atoms with Crippen molar-refractivity contribution in [1.29, 1.82) is 0 Å². The van der Waals surface area contributed by atoms with E-state index in [1.807, 2.05) is 0 Å². The third-order valence-corrected chi connectivity index (χ3v) is 1.18. The minimum absolute atomic E-state index is 0.637. The molecule has 7 heteroatoms. The maximum Gasteiger partial charge on any atom is 0.441 e. The van der Waals surface area contributed by atoms with Gasteiger partial charge in [-0.05, 0) is 0 Å². The van der Waals surface area contributed by atoms with Gasteiger partial charge in [0.2, 0.25) is 5.78 Å². The lowest BCUT2D eigenvalue weighted by atomic mass is 10.3. The molecule has 0 fully saturated rings. The molecule has 14 heavy (non-hydrogen) atoms. The normalized spacial score (nSPS) is 8.43. The average Bonchev–Trinajstić information content (AvgIpc) is 2.14. The average molecular weight is 200 g/mol. The van der Waals surface area contributed by atoms with Gasteiger partial charge in [-0.3, -0.25) is 4.79 Å². The van der Waals surface area contributed by atoms with Crippen LogP contribution in [0.25, 0.3) is 5.53 Å². The monoisotopic (exact) mass is 200 g/mol. The Balaban J connectivity index is 4.29. The van der Waals surface area contributed by atoms with Crippen molar-refractivity contribution in [2.75, 3.05) is 13.7 Å². The number of hydrogen-bond donors (Lipinski definition) is 0. The maximum atomic E-state index is 10.9. The summed E-state index contributed by atoms with van der Waals surface area (Å²) in [5.41, 5.74) is 7.47. The van der Waals surface area contributed by atoms with Crippen LogP contribution in [0.1, 0.15) is 6.92 Å². The molecule has 0 aromatic rings. The molecule has 0 radical (unpaired) electrons. The summed E-state index contributed by atoms with van der Waals surface area (Å²) in [6, 6.07) is 0. The molecular weight excluding hydrogens is 192 g/mol. The number of nitrogens with zero attached hydrogens (tertiary/aromatic N) is 2. The van der Waals surface area contributed by atoms with Gasteiger partial charge in [0.15, 0.2) is 6.61 Å². The van der Waals surface area contributed by atoms with Crippen LogP contribution in [0.15, 0.2) is 0 Å². The summed E-state index contributed by atoms with van der Waals surface area (Å²) in [7, 11) is 1.11. The van der Waals surface area contributed by atoms with Gasteiger partial charge >= 0.3 is 17.7 Å². The van der Waals surface area contributed by atoms with Gasteiger partial charge in [-0.25, -0.2) is 9.59 Å². The molecule has 0 heterocycles. The van der Waals surface area contributed by atoms with Crippen molar-refractivity contribution in [2.24, 2.45) is 0 Å². The Hall–Kier alpha value is -2.01. The van der Waals surface area contributed by atoms with E-state index in [9.17, 15) is 14.4 Å². The smallest absolute Gasteiger partial charge is 0.441 e. The molecule has 0 aliphatic carbocycles. The highest BCUT2D eigenvalue weighted by atomic mass is 16.6. The van der Waals surface area contributed by atoms with Crippen LogP contribution in [-0.2, 0) is 23.9 Å². The first-order valence-corrected chi connectivity index (χ1v) is 3.49. The summed E-state index contributed by atoms with van der Waals surface area (Å²) >= 11 is 0. The number of hydrogen-bond acceptors (Lipinski definition) is 5. The van der Waals surface area contributed by atoms with Crippen molar-refractivity contribution >= 4 is 23.4 Å². The molecule has 0 spiro atoms. The Morgan fingerprint density at radius 2 is 1.93 bits per heavy atom. The van der Waals surface area contributed by atoms with E-state index in [-0.39, 0.29) is 0 Å². The molecule has 0 bridgehead atoms. The Labute approximate surface area is 79.2 Å². The SMILES string of the molecule is COC(=O)COC(=O)C(=[N+]=[N-])C(C)=O. The van der Waals surface area contributed by atoms with Crippen LogP contribution in [0, 0.1) is 0 Å². The van der Waals surface area contributed by atoms with Gasteiger partial charge in [0.05, 0.1) is 7.11 Å². The molecule has 0 saturated carbocycles. The van der Waals surface area contributed by atoms with Gasteiger partial charge in [-0.1, -0.05) is 0 Å². The molecule has 0 unspecified atom stereocenters. The van der Waals surface area contributed by atoms with E-state index in [2.05, 4.69) is 14.3 Å². The zero-order valence-corrected chi connectivity index (χ0v) is 7.64. The second kappa shape index (κ2) is 5.60. The first-order chi connectivity index (χ1) is 6.52. The molecule has 0 aromatic carbocycles. The first-order valence-electron chi connectivity index (χ1n) is 3.49. The highest BCUT2D eigenvalue weighted by molar-refractivity contribution is 6.61. The molecule has 0 rings (SSSR count). The number of ether oxygens (including phenoxy) is 2. The zero-order valence-electron chi connectivity index (χ0n) is 7.64. The lowest BCUT2D eigenvalue weighted by Gasteiger charge is -1.98. The minimum atomic E-state index is -1.18. The molecule has 0 atom stereocenters. The topological polar surface area (TPSA) is 106 Å². The van der Waals surface area contributed by atoms with Gasteiger partial charge in [0.1, 0.15) is 0 Å². The Morgan fingerprint density at radius 1 is 1.36 bits per heavy atom. The van der Waals surface area contributed by atoms with E-state index in [0.717, 1.165) is 14.0 Å². The summed E-state index contributed by atoms with van der Waals surface area (Å²) in [6.45, 7) is 0.385. The fourth-order valence-electron chi connectivity index (χ4n) is 0.507. The van der Waals surface area contributed by atoms with E-state index < -0.39 is 30.0 Å². The van der Waals surface area contributed by atoms with Crippen LogP contribution in [0.4, 0.5) is 0 Å². The van der Waals surface area contributed by atoms with Gasteiger partial charge in [0.25, 0.3) is 0 Å². The Kier molecular flexibility index (Phi) is 4.80. The van der Waals surface area contributed by atoms with Gasteiger partial charge < -0.3 is 15.0 Å². The molecule has 0 saturated heterocycles. The van der Waals surface area contributed by atoms with Crippen LogP contribution < -0.4 is 0 Å². The second-order valence-corrected chi connectivity index (χ2v) is 2.16. The fraction of sp³-hybridized carbons (Fsp3) is 0.429. The number of ketones is 1. The number of rotatable bonds is 4. The summed E-state index contributed by atoms with van der Waals surface area (Å²) in [6.07, 6.45) is 0. The summed E-state index contributed by atoms with van der Waals surface area (Å²) in [5, 5.41) is 0. The van der Waals surface area contributed by atoms with Crippen molar-refractivity contribution in [3.05, 3.63) is 5.53 Å². The number of carbonyl (C=O) groups excluding carboxylic acids is 3. The van der Waals surface area contributed by atoms with Crippen LogP contribution in [0.5, 0.6) is 0 Å². The van der Waals surface area contributed by atoms with Gasteiger partial charge in [0, 0.05) is 6.92 Å². The van der Waals surface area contributed by atoms with Gasteiger partial charge in [-0.2, -0.15) is 4.79 Å². The number of methoxy groups -OCH3 is 1. The van der Waals surface area contributed by atoms with Crippen molar-refractivity contribution < 1.29 is 28.6 Å². The molecular formula is C7H8N2O5. The molecule has 0 aromatic heterocycles. The van der Waals surface area contributed by atoms with Crippen LogP contribution >= 0.6 is 0 Å². The second-order valence-electron chi connectivity index (χ2n) is 2.16. The predicted octanol–water partition coefficient (Wildman–Crippen LogP) is -1.04. The molecule has 76 valence electrons. The largest absolute Gasteiger partial charge is 0.466 e. The van der Waals surface area contributed by atoms with E-state index >= 15 is 0 Å². The summed E-state index contributed by atoms with van der Waals surface area (Å²) in [5.74, 6) is -2.72. The Morgan fingerprint density at radius 3 is 2.29 bits per heavy atom. The number of Topliss-reactive ketones (excluding diaryl/α,β-unsaturated/α-hetero) is 1. The minimum Gasteiger partial charge on any atom is -0.466 e. The summed E-state index contributed by atoms with van der Waals surface area (Å²) < 4.78 is 8.45.